The van der Waals surface area contributed by atoms with Crippen LogP contribution >= 0.6 is 0 Å². The Balaban J connectivity index is 2.48. The van der Waals surface area contributed by atoms with Gasteiger partial charge in [-0.05, 0) is 24.9 Å². The Bertz CT molecular complexity index is 271. The summed E-state index contributed by atoms with van der Waals surface area (Å²) in [5.41, 5.74) is 1.25. The molecule has 1 atom stereocenters. The van der Waals surface area contributed by atoms with Crippen LogP contribution in [0.3, 0.4) is 0 Å². The van der Waals surface area contributed by atoms with Crippen LogP contribution in [-0.2, 0) is 4.74 Å². The molecule has 1 aromatic rings. The van der Waals surface area contributed by atoms with E-state index in [0.717, 1.165) is 19.6 Å². The predicted molar refractivity (Wildman–Crippen MR) is 68.5 cm³/mol. The first-order valence-corrected chi connectivity index (χ1v) is 6.05. The van der Waals surface area contributed by atoms with Crippen LogP contribution in [0.25, 0.3) is 0 Å². The molecule has 0 aliphatic carbocycles. The molecule has 0 aliphatic heterocycles. The zero-order valence-electron chi connectivity index (χ0n) is 10.6. The highest BCUT2D eigenvalue weighted by Gasteiger charge is 2.10. The minimum absolute atomic E-state index is 0.171. The number of rotatable bonds is 7. The highest BCUT2D eigenvalue weighted by Crippen LogP contribution is 2.17. The molecule has 0 fully saturated rings. The SMILES string of the molecule is CNCC(OCCC(C)C)c1ccccc1. The van der Waals surface area contributed by atoms with Crippen LogP contribution in [0.1, 0.15) is 31.9 Å². The number of likely N-dealkylation sites (N-methyl/N-ethyl adjacent to an activating group) is 1. The first-order chi connectivity index (χ1) is 7.74. The van der Waals surface area contributed by atoms with E-state index >= 15 is 0 Å². The summed E-state index contributed by atoms with van der Waals surface area (Å²) in [4.78, 5) is 0. The van der Waals surface area contributed by atoms with Gasteiger partial charge in [0.1, 0.15) is 0 Å². The van der Waals surface area contributed by atoms with E-state index in [1.165, 1.54) is 5.56 Å². The van der Waals surface area contributed by atoms with Crippen molar-refractivity contribution in [2.75, 3.05) is 20.2 Å². The lowest BCUT2D eigenvalue weighted by Gasteiger charge is -2.18. The minimum Gasteiger partial charge on any atom is -0.372 e. The highest BCUT2D eigenvalue weighted by atomic mass is 16.5. The van der Waals surface area contributed by atoms with E-state index in [2.05, 4.69) is 43.4 Å². The summed E-state index contributed by atoms with van der Waals surface area (Å²) in [6, 6.07) is 10.4. The summed E-state index contributed by atoms with van der Waals surface area (Å²) in [6.45, 7) is 6.14. The fraction of sp³-hybridized carbons (Fsp3) is 0.571. The first-order valence-electron chi connectivity index (χ1n) is 6.05. The number of nitrogens with one attached hydrogen (secondary N) is 1. The van der Waals surface area contributed by atoms with Crippen LogP contribution < -0.4 is 5.32 Å². The molecule has 1 rings (SSSR count). The molecule has 2 heteroatoms. The summed E-state index contributed by atoms with van der Waals surface area (Å²) in [5.74, 6) is 0.700. The largest absolute Gasteiger partial charge is 0.372 e. The molecule has 0 spiro atoms. The normalized spacial score (nSPS) is 13.0. The summed E-state index contributed by atoms with van der Waals surface area (Å²) >= 11 is 0. The second-order valence-electron chi connectivity index (χ2n) is 4.51. The topological polar surface area (TPSA) is 21.3 Å². The van der Waals surface area contributed by atoms with Crippen molar-refractivity contribution in [2.24, 2.45) is 5.92 Å². The van der Waals surface area contributed by atoms with E-state index in [1.54, 1.807) is 0 Å². The lowest BCUT2D eigenvalue weighted by Crippen LogP contribution is -2.20. The van der Waals surface area contributed by atoms with Crippen molar-refractivity contribution in [3.05, 3.63) is 35.9 Å². The van der Waals surface area contributed by atoms with Gasteiger partial charge < -0.3 is 10.1 Å². The molecule has 0 bridgehead atoms. The van der Waals surface area contributed by atoms with Crippen molar-refractivity contribution in [2.45, 2.75) is 26.4 Å². The predicted octanol–water partition coefficient (Wildman–Crippen LogP) is 3.01. The summed E-state index contributed by atoms with van der Waals surface area (Å²) in [5, 5.41) is 3.18. The van der Waals surface area contributed by atoms with Gasteiger partial charge in [-0.3, -0.25) is 0 Å². The average Bonchev–Trinajstić information content (AvgIpc) is 2.29. The molecular formula is C14H23NO. The molecular weight excluding hydrogens is 198 g/mol. The Kier molecular flexibility index (Phi) is 6.12. The quantitative estimate of drug-likeness (QED) is 0.764. The van der Waals surface area contributed by atoms with Gasteiger partial charge in [0.05, 0.1) is 6.10 Å². The van der Waals surface area contributed by atoms with Crippen molar-refractivity contribution in [3.63, 3.8) is 0 Å². The fourth-order valence-corrected chi connectivity index (χ4v) is 1.57. The van der Waals surface area contributed by atoms with E-state index in [-0.39, 0.29) is 6.10 Å². The Morgan fingerprint density at radius 1 is 1.19 bits per heavy atom. The molecule has 0 saturated heterocycles. The number of ether oxygens (including phenoxy) is 1. The van der Waals surface area contributed by atoms with Crippen molar-refractivity contribution in [1.29, 1.82) is 0 Å². The molecule has 0 saturated carbocycles. The molecule has 1 unspecified atom stereocenters. The van der Waals surface area contributed by atoms with Crippen molar-refractivity contribution in [1.82, 2.24) is 5.32 Å². The number of hydrogen-bond donors (Lipinski definition) is 1. The summed E-state index contributed by atoms with van der Waals surface area (Å²) < 4.78 is 5.92. The van der Waals surface area contributed by atoms with Crippen LogP contribution in [0.15, 0.2) is 30.3 Å². The number of benzene rings is 1. The third-order valence-corrected chi connectivity index (χ3v) is 2.58. The van der Waals surface area contributed by atoms with Gasteiger partial charge in [0.25, 0.3) is 0 Å². The van der Waals surface area contributed by atoms with E-state index in [1.807, 2.05) is 13.1 Å². The lowest BCUT2D eigenvalue weighted by molar-refractivity contribution is 0.0470. The van der Waals surface area contributed by atoms with Crippen LogP contribution in [0.5, 0.6) is 0 Å². The summed E-state index contributed by atoms with van der Waals surface area (Å²) in [6.07, 6.45) is 1.29. The molecule has 0 aliphatic rings. The summed E-state index contributed by atoms with van der Waals surface area (Å²) in [7, 11) is 1.96. The van der Waals surface area contributed by atoms with Crippen LogP contribution in [0.4, 0.5) is 0 Å². The van der Waals surface area contributed by atoms with Crippen LogP contribution in [-0.4, -0.2) is 20.2 Å². The molecule has 0 amide bonds. The maximum absolute atomic E-state index is 5.92. The Morgan fingerprint density at radius 2 is 1.88 bits per heavy atom. The fourth-order valence-electron chi connectivity index (χ4n) is 1.57. The van der Waals surface area contributed by atoms with Gasteiger partial charge in [-0.15, -0.1) is 0 Å². The molecule has 1 aromatic carbocycles. The van der Waals surface area contributed by atoms with Gasteiger partial charge in [0.2, 0.25) is 0 Å². The van der Waals surface area contributed by atoms with E-state index in [4.69, 9.17) is 4.74 Å². The van der Waals surface area contributed by atoms with Gasteiger partial charge >= 0.3 is 0 Å². The second-order valence-corrected chi connectivity index (χ2v) is 4.51. The molecule has 2 nitrogen and oxygen atoms in total. The minimum atomic E-state index is 0.171. The Labute approximate surface area is 99.0 Å². The van der Waals surface area contributed by atoms with Gasteiger partial charge in [-0.2, -0.15) is 0 Å². The van der Waals surface area contributed by atoms with E-state index < -0.39 is 0 Å². The third-order valence-electron chi connectivity index (χ3n) is 2.58. The third kappa shape index (κ3) is 4.77. The maximum Gasteiger partial charge on any atom is 0.0949 e. The molecule has 1 N–H and O–H groups in total. The van der Waals surface area contributed by atoms with Crippen molar-refractivity contribution < 1.29 is 4.74 Å². The molecule has 90 valence electrons. The maximum atomic E-state index is 5.92. The molecule has 0 radical (unpaired) electrons. The monoisotopic (exact) mass is 221 g/mol. The van der Waals surface area contributed by atoms with Gasteiger partial charge in [-0.1, -0.05) is 44.2 Å². The van der Waals surface area contributed by atoms with Gasteiger partial charge in [0.15, 0.2) is 0 Å². The molecule has 16 heavy (non-hydrogen) atoms. The van der Waals surface area contributed by atoms with Gasteiger partial charge in [0, 0.05) is 13.2 Å². The van der Waals surface area contributed by atoms with Crippen molar-refractivity contribution in [3.8, 4) is 0 Å². The van der Waals surface area contributed by atoms with Crippen LogP contribution in [0, 0.1) is 5.92 Å². The van der Waals surface area contributed by atoms with Crippen LogP contribution in [0.2, 0.25) is 0 Å². The smallest absolute Gasteiger partial charge is 0.0949 e. The molecule has 0 heterocycles. The lowest BCUT2D eigenvalue weighted by atomic mass is 10.1. The first kappa shape index (κ1) is 13.2. The van der Waals surface area contributed by atoms with Gasteiger partial charge in [-0.25, -0.2) is 0 Å². The van der Waals surface area contributed by atoms with E-state index in [9.17, 15) is 0 Å². The standard InChI is InChI=1S/C14H23NO/c1-12(2)9-10-16-14(11-15-3)13-7-5-4-6-8-13/h4-8,12,14-15H,9-11H2,1-3H3. The Morgan fingerprint density at radius 3 is 2.44 bits per heavy atom. The van der Waals surface area contributed by atoms with E-state index in [0.29, 0.717) is 5.92 Å². The zero-order valence-corrected chi connectivity index (χ0v) is 10.6. The highest BCUT2D eigenvalue weighted by molar-refractivity contribution is 5.17. The molecule has 0 aromatic heterocycles. The zero-order chi connectivity index (χ0) is 11.8. The number of hydrogen-bond acceptors (Lipinski definition) is 2. The second kappa shape index (κ2) is 7.42. The average molecular weight is 221 g/mol. The van der Waals surface area contributed by atoms with Crippen molar-refractivity contribution >= 4 is 0 Å². The Hall–Kier alpha value is -0.860.